The lowest BCUT2D eigenvalue weighted by atomic mass is 9.93. The summed E-state index contributed by atoms with van der Waals surface area (Å²) < 4.78 is 1.31. The summed E-state index contributed by atoms with van der Waals surface area (Å²) in [6, 6.07) is 15.2. The third kappa shape index (κ3) is 2.61. The van der Waals surface area contributed by atoms with Crippen LogP contribution in [0.5, 0.6) is 0 Å². The van der Waals surface area contributed by atoms with E-state index in [4.69, 9.17) is 5.73 Å². The van der Waals surface area contributed by atoms with Gasteiger partial charge in [0.05, 0.1) is 6.04 Å². The lowest BCUT2D eigenvalue weighted by Gasteiger charge is -2.15. The zero-order valence-corrected chi connectivity index (χ0v) is 13.4. The minimum Gasteiger partial charge on any atom is -0.320 e. The third-order valence-electron chi connectivity index (χ3n) is 4.20. The van der Waals surface area contributed by atoms with Gasteiger partial charge in [-0.3, -0.25) is 0 Å². The van der Waals surface area contributed by atoms with Crippen LogP contribution in [0, 0.1) is 0 Å². The van der Waals surface area contributed by atoms with Gasteiger partial charge < -0.3 is 5.73 Å². The molecule has 1 nitrogen and oxygen atoms in total. The van der Waals surface area contributed by atoms with Crippen LogP contribution in [0.2, 0.25) is 0 Å². The molecule has 2 aromatic carbocycles. The molecule has 0 saturated carbocycles. The Morgan fingerprint density at radius 2 is 1.76 bits per heavy atom. The Morgan fingerprint density at radius 1 is 1.00 bits per heavy atom. The van der Waals surface area contributed by atoms with E-state index >= 15 is 0 Å². The van der Waals surface area contributed by atoms with Gasteiger partial charge in [0.2, 0.25) is 0 Å². The van der Waals surface area contributed by atoms with Crippen LogP contribution in [0.1, 0.15) is 42.1 Å². The highest BCUT2D eigenvalue weighted by Crippen LogP contribution is 2.32. The van der Waals surface area contributed by atoms with Crippen LogP contribution in [-0.4, -0.2) is 0 Å². The molecule has 0 spiro atoms. The van der Waals surface area contributed by atoms with Gasteiger partial charge in [-0.05, 0) is 51.9 Å². The molecule has 21 heavy (non-hydrogen) atoms. The minimum atomic E-state index is -0.0441. The van der Waals surface area contributed by atoms with Crippen molar-refractivity contribution in [2.24, 2.45) is 5.73 Å². The minimum absolute atomic E-state index is 0.0441. The quantitative estimate of drug-likeness (QED) is 0.714. The number of nitrogens with two attached hydrogens (primary N) is 1. The van der Waals surface area contributed by atoms with Gasteiger partial charge in [-0.1, -0.05) is 50.2 Å². The van der Waals surface area contributed by atoms with E-state index in [1.165, 1.54) is 32.3 Å². The number of aryl methyl sites for hydroxylation is 2. The SMILES string of the molecule is CCc1ccc(C(N)c2csc3ccccc23)cc1CC. The van der Waals surface area contributed by atoms with Crippen molar-refractivity contribution in [3.63, 3.8) is 0 Å². The van der Waals surface area contributed by atoms with Gasteiger partial charge >= 0.3 is 0 Å². The molecule has 1 heterocycles. The van der Waals surface area contributed by atoms with Crippen molar-refractivity contribution in [2.75, 3.05) is 0 Å². The molecule has 0 aliphatic rings. The van der Waals surface area contributed by atoms with Crippen LogP contribution < -0.4 is 5.73 Å². The Labute approximate surface area is 130 Å². The van der Waals surface area contributed by atoms with Crippen LogP contribution in [0.3, 0.4) is 0 Å². The molecule has 1 atom stereocenters. The second-order valence-corrected chi connectivity index (χ2v) is 6.31. The van der Waals surface area contributed by atoms with E-state index < -0.39 is 0 Å². The first-order valence-electron chi connectivity index (χ1n) is 7.58. The lowest BCUT2D eigenvalue weighted by Crippen LogP contribution is -2.12. The zero-order valence-electron chi connectivity index (χ0n) is 12.6. The Morgan fingerprint density at radius 3 is 2.52 bits per heavy atom. The molecular formula is C19H21NS. The molecule has 0 aliphatic heterocycles. The first-order chi connectivity index (χ1) is 10.2. The zero-order chi connectivity index (χ0) is 14.8. The first-order valence-corrected chi connectivity index (χ1v) is 8.46. The Balaban J connectivity index is 2.04. The predicted molar refractivity (Wildman–Crippen MR) is 93.1 cm³/mol. The van der Waals surface area contributed by atoms with E-state index in [1.807, 2.05) is 0 Å². The molecule has 2 heteroatoms. The summed E-state index contributed by atoms with van der Waals surface area (Å²) in [5.41, 5.74) is 11.9. The van der Waals surface area contributed by atoms with Crippen molar-refractivity contribution in [3.8, 4) is 0 Å². The Kier molecular flexibility index (Phi) is 4.09. The second-order valence-electron chi connectivity index (χ2n) is 5.40. The molecule has 0 aliphatic carbocycles. The maximum Gasteiger partial charge on any atom is 0.0566 e. The van der Waals surface area contributed by atoms with E-state index in [1.54, 1.807) is 11.3 Å². The number of thiophene rings is 1. The molecule has 3 rings (SSSR count). The molecular weight excluding hydrogens is 274 g/mol. The standard InChI is InChI=1S/C19H21NS/c1-3-13-9-10-15(11-14(13)4-2)19(20)17-12-21-18-8-6-5-7-16(17)18/h5-12,19H,3-4,20H2,1-2H3. The smallest absolute Gasteiger partial charge is 0.0566 e. The molecule has 0 saturated heterocycles. The largest absolute Gasteiger partial charge is 0.320 e. The van der Waals surface area contributed by atoms with Crippen LogP contribution in [0.25, 0.3) is 10.1 Å². The first kappa shape index (κ1) is 14.3. The van der Waals surface area contributed by atoms with Crippen LogP contribution in [0.15, 0.2) is 47.8 Å². The maximum absolute atomic E-state index is 6.55. The summed E-state index contributed by atoms with van der Waals surface area (Å²) in [6.45, 7) is 4.42. The number of fused-ring (bicyclic) bond motifs is 1. The van der Waals surface area contributed by atoms with E-state index in [9.17, 15) is 0 Å². The fraction of sp³-hybridized carbons (Fsp3) is 0.263. The molecule has 108 valence electrons. The Bertz CT molecular complexity index is 757. The van der Waals surface area contributed by atoms with Crippen molar-refractivity contribution < 1.29 is 0 Å². The fourth-order valence-electron chi connectivity index (χ4n) is 2.93. The van der Waals surface area contributed by atoms with Crippen molar-refractivity contribution >= 4 is 21.4 Å². The van der Waals surface area contributed by atoms with Gasteiger partial charge in [0.25, 0.3) is 0 Å². The summed E-state index contributed by atoms with van der Waals surface area (Å²) in [4.78, 5) is 0. The molecule has 1 aromatic heterocycles. The topological polar surface area (TPSA) is 26.0 Å². The fourth-order valence-corrected chi connectivity index (χ4v) is 3.93. The summed E-state index contributed by atoms with van der Waals surface area (Å²) in [5.74, 6) is 0. The van der Waals surface area contributed by atoms with Crippen molar-refractivity contribution in [2.45, 2.75) is 32.7 Å². The van der Waals surface area contributed by atoms with Crippen molar-refractivity contribution in [1.82, 2.24) is 0 Å². The lowest BCUT2D eigenvalue weighted by molar-refractivity contribution is 0.875. The maximum atomic E-state index is 6.55. The average molecular weight is 295 g/mol. The summed E-state index contributed by atoms with van der Waals surface area (Å²) in [6.07, 6.45) is 2.15. The molecule has 1 unspecified atom stereocenters. The van der Waals surface area contributed by atoms with Crippen molar-refractivity contribution in [3.05, 3.63) is 70.1 Å². The number of benzene rings is 2. The van der Waals surface area contributed by atoms with Gasteiger partial charge in [-0.15, -0.1) is 11.3 Å². The number of hydrogen-bond acceptors (Lipinski definition) is 2. The highest BCUT2D eigenvalue weighted by Gasteiger charge is 2.14. The van der Waals surface area contributed by atoms with Gasteiger partial charge in [-0.2, -0.15) is 0 Å². The number of rotatable bonds is 4. The molecule has 0 bridgehead atoms. The van der Waals surface area contributed by atoms with Gasteiger partial charge in [0.15, 0.2) is 0 Å². The van der Waals surface area contributed by atoms with Crippen LogP contribution >= 0.6 is 11.3 Å². The normalized spacial score (nSPS) is 12.7. The molecule has 0 fully saturated rings. The van der Waals surface area contributed by atoms with Crippen LogP contribution in [0.4, 0.5) is 0 Å². The predicted octanol–water partition coefficient (Wildman–Crippen LogP) is 5.07. The van der Waals surface area contributed by atoms with E-state index in [0.29, 0.717) is 0 Å². The highest BCUT2D eigenvalue weighted by molar-refractivity contribution is 7.17. The van der Waals surface area contributed by atoms with E-state index in [2.05, 4.69) is 61.7 Å². The molecule has 0 amide bonds. The summed E-state index contributed by atoms with van der Waals surface area (Å²) >= 11 is 1.77. The van der Waals surface area contributed by atoms with E-state index in [-0.39, 0.29) is 6.04 Å². The van der Waals surface area contributed by atoms with Crippen LogP contribution in [-0.2, 0) is 12.8 Å². The number of hydrogen-bond donors (Lipinski definition) is 1. The molecule has 3 aromatic rings. The van der Waals surface area contributed by atoms with Gasteiger partial charge in [-0.25, -0.2) is 0 Å². The van der Waals surface area contributed by atoms with Crippen molar-refractivity contribution in [1.29, 1.82) is 0 Å². The highest BCUT2D eigenvalue weighted by atomic mass is 32.1. The van der Waals surface area contributed by atoms with E-state index in [0.717, 1.165) is 12.8 Å². The average Bonchev–Trinajstić information content (AvgIpc) is 2.97. The van der Waals surface area contributed by atoms with Gasteiger partial charge in [0.1, 0.15) is 0 Å². The third-order valence-corrected chi connectivity index (χ3v) is 5.18. The summed E-state index contributed by atoms with van der Waals surface area (Å²) in [7, 11) is 0. The summed E-state index contributed by atoms with van der Waals surface area (Å²) in [5, 5.41) is 3.49. The monoisotopic (exact) mass is 295 g/mol. The van der Waals surface area contributed by atoms with Gasteiger partial charge in [0, 0.05) is 4.70 Å². The molecule has 2 N–H and O–H groups in total. The Hall–Kier alpha value is -1.64. The second kappa shape index (κ2) is 6.00. The molecule has 0 radical (unpaired) electrons.